The number of aliphatic carboxylic acids is 1. The molecule has 0 fully saturated rings. The topological polar surface area (TPSA) is 123 Å². The fourth-order valence-electron chi connectivity index (χ4n) is 2.67. The molecule has 0 saturated carbocycles. The second-order valence-electron chi connectivity index (χ2n) is 10.7. The Morgan fingerprint density at radius 2 is 1.59 bits per heavy atom. The summed E-state index contributed by atoms with van der Waals surface area (Å²) in [5.74, 6) is -1.22. The number of carboxylic acids is 1. The molecule has 2 atom stereocenters. The summed E-state index contributed by atoms with van der Waals surface area (Å²) in [5.41, 5.74) is 0.0769. The Kier molecular flexibility index (Phi) is 10.6. The highest BCUT2D eigenvalue weighted by molar-refractivity contribution is 6.74. The highest BCUT2D eigenvalue weighted by atomic mass is 28.4. The number of carbonyl (C=O) groups excluding carboxylic acids is 2. The van der Waals surface area contributed by atoms with Crippen LogP contribution in [0.25, 0.3) is 0 Å². The van der Waals surface area contributed by atoms with Crippen LogP contribution >= 0.6 is 0 Å². The van der Waals surface area contributed by atoms with Crippen LogP contribution < -0.4 is 10.6 Å². The largest absolute Gasteiger partial charge is 0.480 e. The van der Waals surface area contributed by atoms with E-state index >= 15 is 0 Å². The third-order valence-electron chi connectivity index (χ3n) is 5.44. The van der Waals surface area contributed by atoms with Crippen LogP contribution in [0.3, 0.4) is 0 Å². The van der Waals surface area contributed by atoms with Crippen molar-refractivity contribution >= 4 is 26.5 Å². The molecule has 1 aromatic rings. The van der Waals surface area contributed by atoms with Gasteiger partial charge in [-0.2, -0.15) is 0 Å². The highest BCUT2D eigenvalue weighted by Gasteiger charge is 2.40. The molecular formula is C24H40N2O7Si. The maximum Gasteiger partial charge on any atom is 0.408 e. The van der Waals surface area contributed by atoms with E-state index in [9.17, 15) is 19.5 Å². The zero-order chi connectivity index (χ0) is 26.2. The molecule has 10 heteroatoms. The van der Waals surface area contributed by atoms with E-state index in [0.717, 1.165) is 5.56 Å². The number of amides is 2. The van der Waals surface area contributed by atoms with Crippen molar-refractivity contribution in [3.8, 4) is 0 Å². The molecule has 34 heavy (non-hydrogen) atoms. The molecular weight excluding hydrogens is 456 g/mol. The minimum absolute atomic E-state index is 0.0277. The van der Waals surface area contributed by atoms with Crippen molar-refractivity contribution in [3.05, 3.63) is 35.9 Å². The minimum atomic E-state index is -2.32. The van der Waals surface area contributed by atoms with Crippen LogP contribution in [0.1, 0.15) is 53.5 Å². The van der Waals surface area contributed by atoms with Gasteiger partial charge in [0.25, 0.3) is 0 Å². The molecule has 3 N–H and O–H groups in total. The summed E-state index contributed by atoms with van der Waals surface area (Å²) in [7, 11) is -2.32. The first kappa shape index (κ1) is 29.4. The molecule has 0 aliphatic rings. The number of alkyl carbamates (subject to hydrolysis) is 2. The number of rotatable bonds is 10. The smallest absolute Gasteiger partial charge is 0.408 e. The van der Waals surface area contributed by atoms with Crippen molar-refractivity contribution in [3.63, 3.8) is 0 Å². The molecule has 0 bridgehead atoms. The summed E-state index contributed by atoms with van der Waals surface area (Å²) in [6.07, 6.45) is -2.19. The van der Waals surface area contributed by atoms with Gasteiger partial charge in [-0.05, 0) is 44.5 Å². The van der Waals surface area contributed by atoms with Gasteiger partial charge in [-0.3, -0.25) is 0 Å². The van der Waals surface area contributed by atoms with Gasteiger partial charge in [0.15, 0.2) is 8.32 Å². The molecule has 0 aromatic heterocycles. The van der Waals surface area contributed by atoms with E-state index in [1.807, 2.05) is 43.4 Å². The van der Waals surface area contributed by atoms with Crippen LogP contribution in [-0.2, 0) is 25.3 Å². The van der Waals surface area contributed by atoms with E-state index in [2.05, 4.69) is 31.4 Å². The lowest BCUT2D eigenvalue weighted by molar-refractivity contribution is -0.140. The van der Waals surface area contributed by atoms with E-state index in [1.54, 1.807) is 20.8 Å². The normalized spacial score (nSPS) is 14.0. The van der Waals surface area contributed by atoms with Crippen molar-refractivity contribution in [1.82, 2.24) is 10.6 Å². The van der Waals surface area contributed by atoms with Gasteiger partial charge >= 0.3 is 18.2 Å². The number of ether oxygens (including phenoxy) is 2. The SMILES string of the molecule is CC(C)(C)OC(=O)NC(CC(CNC(=O)OCc1ccccc1)O[Si](C)(C)C(C)(C)C)C(=O)O. The van der Waals surface area contributed by atoms with Gasteiger partial charge in [0.1, 0.15) is 18.2 Å². The first-order chi connectivity index (χ1) is 15.5. The Morgan fingerprint density at radius 1 is 1.00 bits per heavy atom. The second-order valence-corrected chi connectivity index (χ2v) is 15.5. The first-order valence-electron chi connectivity index (χ1n) is 11.3. The standard InChI is InChI=1S/C24H40N2O7Si/c1-23(2,3)32-22(30)26-19(20(27)28)14-18(33-34(7,8)24(4,5)6)15-25-21(29)31-16-17-12-10-9-11-13-17/h9-13,18-19H,14-16H2,1-8H3,(H,25,29)(H,26,30)(H,27,28). The number of benzene rings is 1. The van der Waals surface area contributed by atoms with Crippen LogP contribution in [0.15, 0.2) is 30.3 Å². The van der Waals surface area contributed by atoms with E-state index < -0.39 is 44.2 Å². The third kappa shape index (κ3) is 11.0. The molecule has 0 heterocycles. The lowest BCUT2D eigenvalue weighted by Gasteiger charge is -2.39. The lowest BCUT2D eigenvalue weighted by Crippen LogP contribution is -2.51. The Balaban J connectivity index is 2.88. The van der Waals surface area contributed by atoms with Crippen molar-refractivity contribution in [2.45, 2.75) is 90.4 Å². The number of nitrogens with one attached hydrogen (secondary N) is 2. The summed E-state index contributed by atoms with van der Waals surface area (Å²) in [4.78, 5) is 36.3. The van der Waals surface area contributed by atoms with Crippen molar-refractivity contribution in [2.75, 3.05) is 6.54 Å². The summed E-state index contributed by atoms with van der Waals surface area (Å²) in [6, 6.07) is 8.00. The zero-order valence-corrected chi connectivity index (χ0v) is 22.6. The van der Waals surface area contributed by atoms with Crippen LogP contribution in [0.5, 0.6) is 0 Å². The highest BCUT2D eigenvalue weighted by Crippen LogP contribution is 2.37. The lowest BCUT2D eigenvalue weighted by atomic mass is 10.1. The van der Waals surface area contributed by atoms with Gasteiger partial charge in [-0.15, -0.1) is 0 Å². The molecule has 2 amide bonds. The summed E-state index contributed by atoms with van der Waals surface area (Å²) < 4.78 is 16.8. The average Bonchev–Trinajstić information content (AvgIpc) is 2.68. The van der Waals surface area contributed by atoms with Crippen LogP contribution in [-0.4, -0.2) is 55.9 Å². The third-order valence-corrected chi connectivity index (χ3v) is 9.98. The molecule has 192 valence electrons. The zero-order valence-electron chi connectivity index (χ0n) is 21.6. The summed E-state index contributed by atoms with van der Waals surface area (Å²) >= 11 is 0. The Hall–Kier alpha value is -2.59. The molecule has 1 rings (SSSR count). The fraction of sp³-hybridized carbons (Fsp3) is 0.625. The maximum absolute atomic E-state index is 12.3. The number of carboxylic acid groups (broad SMARTS) is 1. The fourth-order valence-corrected chi connectivity index (χ4v) is 4.04. The van der Waals surface area contributed by atoms with Gasteiger partial charge in [-0.25, -0.2) is 14.4 Å². The quantitative estimate of drug-likeness (QED) is 0.402. The molecule has 0 aliphatic carbocycles. The molecule has 9 nitrogen and oxygen atoms in total. The van der Waals surface area contributed by atoms with E-state index in [0.29, 0.717) is 0 Å². The molecule has 2 unspecified atom stereocenters. The van der Waals surface area contributed by atoms with Gasteiger partial charge < -0.3 is 29.6 Å². The molecule has 0 radical (unpaired) electrons. The average molecular weight is 497 g/mol. The van der Waals surface area contributed by atoms with Crippen molar-refractivity contribution in [2.24, 2.45) is 0 Å². The van der Waals surface area contributed by atoms with Crippen molar-refractivity contribution in [1.29, 1.82) is 0 Å². The molecule has 0 spiro atoms. The first-order valence-corrected chi connectivity index (χ1v) is 14.3. The second kappa shape index (κ2) is 12.2. The van der Waals surface area contributed by atoms with Gasteiger partial charge in [-0.1, -0.05) is 51.1 Å². The van der Waals surface area contributed by atoms with Gasteiger partial charge in [0, 0.05) is 13.0 Å². The van der Waals surface area contributed by atoms with Crippen LogP contribution in [0.4, 0.5) is 9.59 Å². The molecule has 1 aromatic carbocycles. The Bertz CT molecular complexity index is 817. The summed E-state index contributed by atoms with van der Waals surface area (Å²) in [5, 5.41) is 14.6. The maximum atomic E-state index is 12.3. The number of hydrogen-bond acceptors (Lipinski definition) is 6. The number of carbonyl (C=O) groups is 3. The predicted octanol–water partition coefficient (Wildman–Crippen LogP) is 4.67. The monoisotopic (exact) mass is 496 g/mol. The minimum Gasteiger partial charge on any atom is -0.480 e. The Morgan fingerprint density at radius 3 is 2.09 bits per heavy atom. The van der Waals surface area contributed by atoms with Crippen LogP contribution in [0, 0.1) is 0 Å². The predicted molar refractivity (Wildman–Crippen MR) is 132 cm³/mol. The van der Waals surface area contributed by atoms with E-state index in [-0.39, 0.29) is 24.6 Å². The van der Waals surface area contributed by atoms with E-state index in [1.165, 1.54) is 0 Å². The van der Waals surface area contributed by atoms with Gasteiger partial charge in [0.2, 0.25) is 0 Å². The van der Waals surface area contributed by atoms with Gasteiger partial charge in [0.05, 0.1) is 6.10 Å². The number of hydrogen-bond donors (Lipinski definition) is 3. The van der Waals surface area contributed by atoms with Crippen molar-refractivity contribution < 1.29 is 33.4 Å². The Labute approximate surface area is 203 Å². The van der Waals surface area contributed by atoms with E-state index in [4.69, 9.17) is 13.9 Å². The summed E-state index contributed by atoms with van der Waals surface area (Å²) in [6.45, 7) is 15.5. The van der Waals surface area contributed by atoms with Crippen LogP contribution in [0.2, 0.25) is 18.1 Å². The molecule has 0 aliphatic heterocycles. The molecule has 0 saturated heterocycles.